The zero-order valence-electron chi connectivity index (χ0n) is 15.4. The third kappa shape index (κ3) is 3.69. The van der Waals surface area contributed by atoms with Gasteiger partial charge in [0, 0.05) is 17.8 Å². The number of benzene rings is 2. The average Bonchev–Trinajstić information content (AvgIpc) is 3.04. The molecule has 0 aliphatic heterocycles. The number of amides is 1. The normalized spacial score (nSPS) is 10.5. The Bertz CT molecular complexity index is 1020. The minimum absolute atomic E-state index is 0.00291. The molecule has 1 amide bonds. The molecular formula is C19H21N4O4+. The van der Waals surface area contributed by atoms with Crippen molar-refractivity contribution in [3.05, 3.63) is 64.6 Å². The van der Waals surface area contributed by atoms with Crippen molar-refractivity contribution in [1.82, 2.24) is 9.90 Å². The van der Waals surface area contributed by atoms with Gasteiger partial charge in [-0.1, -0.05) is 22.0 Å². The molecular weight excluding hydrogens is 348 g/mol. The summed E-state index contributed by atoms with van der Waals surface area (Å²) in [5.74, 6) is 0.714. The Labute approximate surface area is 155 Å². The number of nitrogens with zero attached hydrogens (tertiary/aromatic N) is 2. The van der Waals surface area contributed by atoms with Crippen LogP contribution in [0.4, 0.5) is 5.69 Å². The van der Waals surface area contributed by atoms with E-state index in [0.717, 1.165) is 0 Å². The van der Waals surface area contributed by atoms with Gasteiger partial charge in [-0.3, -0.25) is 4.79 Å². The lowest BCUT2D eigenvalue weighted by atomic mass is 10.3. The van der Waals surface area contributed by atoms with E-state index in [2.05, 4.69) is 10.5 Å². The van der Waals surface area contributed by atoms with Crippen LogP contribution in [0.3, 0.4) is 0 Å². The monoisotopic (exact) mass is 369 g/mol. The SMILES string of the molecule is CC[n+]1[nH]n(-c2cccc(OC)c2)c(=O)c1C(=O)Nc1cccc(OC)c1. The number of anilines is 1. The van der Waals surface area contributed by atoms with Crippen molar-refractivity contribution in [2.45, 2.75) is 13.5 Å². The Morgan fingerprint density at radius 2 is 1.78 bits per heavy atom. The maximum absolute atomic E-state index is 12.9. The van der Waals surface area contributed by atoms with Crippen LogP contribution < -0.4 is 25.0 Å². The van der Waals surface area contributed by atoms with E-state index in [1.807, 2.05) is 6.92 Å². The fourth-order valence-electron chi connectivity index (χ4n) is 2.70. The quantitative estimate of drug-likeness (QED) is 0.648. The van der Waals surface area contributed by atoms with Crippen molar-refractivity contribution in [2.24, 2.45) is 0 Å². The van der Waals surface area contributed by atoms with E-state index in [4.69, 9.17) is 9.47 Å². The van der Waals surface area contributed by atoms with Crippen LogP contribution in [0.15, 0.2) is 53.3 Å². The molecule has 0 saturated heterocycles. The highest BCUT2D eigenvalue weighted by atomic mass is 16.5. The van der Waals surface area contributed by atoms with Crippen LogP contribution in [-0.4, -0.2) is 30.0 Å². The highest BCUT2D eigenvalue weighted by Crippen LogP contribution is 2.17. The molecule has 0 spiro atoms. The van der Waals surface area contributed by atoms with Crippen molar-refractivity contribution in [2.75, 3.05) is 19.5 Å². The number of methoxy groups -OCH3 is 2. The summed E-state index contributed by atoms with van der Waals surface area (Å²) in [4.78, 5) is 25.6. The first-order valence-corrected chi connectivity index (χ1v) is 8.42. The molecule has 27 heavy (non-hydrogen) atoms. The first-order chi connectivity index (χ1) is 13.1. The summed E-state index contributed by atoms with van der Waals surface area (Å²) < 4.78 is 13.2. The number of aryl methyl sites for hydroxylation is 1. The van der Waals surface area contributed by atoms with Crippen LogP contribution in [0.25, 0.3) is 5.69 Å². The lowest BCUT2D eigenvalue weighted by molar-refractivity contribution is -0.753. The van der Waals surface area contributed by atoms with E-state index in [-0.39, 0.29) is 5.69 Å². The molecule has 0 aliphatic rings. The number of carbonyl (C=O) groups is 1. The molecule has 140 valence electrons. The van der Waals surface area contributed by atoms with Gasteiger partial charge in [0.1, 0.15) is 18.0 Å². The summed E-state index contributed by atoms with van der Waals surface area (Å²) in [7, 11) is 3.10. The Balaban J connectivity index is 1.98. The van der Waals surface area contributed by atoms with Gasteiger partial charge in [-0.2, -0.15) is 0 Å². The molecule has 0 unspecified atom stereocenters. The molecule has 2 N–H and O–H groups in total. The molecule has 8 heteroatoms. The topological polar surface area (TPSA) is 89.2 Å². The maximum atomic E-state index is 12.9. The first-order valence-electron chi connectivity index (χ1n) is 8.42. The summed E-state index contributed by atoms with van der Waals surface area (Å²) >= 11 is 0. The summed E-state index contributed by atoms with van der Waals surface area (Å²) in [5, 5.41) is 5.67. The predicted molar refractivity (Wildman–Crippen MR) is 99.8 cm³/mol. The Morgan fingerprint density at radius 1 is 1.11 bits per heavy atom. The van der Waals surface area contributed by atoms with Gasteiger partial charge in [0.15, 0.2) is 5.69 Å². The second-order valence-corrected chi connectivity index (χ2v) is 5.72. The fraction of sp³-hybridized carbons (Fsp3) is 0.211. The number of ether oxygens (including phenoxy) is 2. The average molecular weight is 369 g/mol. The molecule has 1 heterocycles. The number of nitrogens with one attached hydrogen (secondary N) is 2. The van der Waals surface area contributed by atoms with E-state index in [1.54, 1.807) is 62.8 Å². The Morgan fingerprint density at radius 3 is 2.44 bits per heavy atom. The van der Waals surface area contributed by atoms with Crippen molar-refractivity contribution in [1.29, 1.82) is 0 Å². The molecule has 3 rings (SSSR count). The van der Waals surface area contributed by atoms with Gasteiger partial charge < -0.3 is 14.8 Å². The Hall–Kier alpha value is -3.55. The smallest absolute Gasteiger partial charge is 0.411 e. The number of aromatic nitrogens is 3. The third-order valence-electron chi connectivity index (χ3n) is 4.07. The van der Waals surface area contributed by atoms with E-state index < -0.39 is 11.5 Å². The van der Waals surface area contributed by atoms with Gasteiger partial charge in [-0.15, -0.1) is 4.68 Å². The molecule has 0 radical (unpaired) electrons. The van der Waals surface area contributed by atoms with Crippen LogP contribution in [0.2, 0.25) is 0 Å². The van der Waals surface area contributed by atoms with Crippen LogP contribution >= 0.6 is 0 Å². The highest BCUT2D eigenvalue weighted by molar-refractivity contribution is 6.01. The number of hydrogen-bond donors (Lipinski definition) is 2. The number of hydrogen-bond acceptors (Lipinski definition) is 4. The van der Waals surface area contributed by atoms with Crippen LogP contribution in [0.1, 0.15) is 17.4 Å². The molecule has 0 saturated carbocycles. The summed E-state index contributed by atoms with van der Waals surface area (Å²) in [5.41, 5.74) is 0.658. The number of H-pyrrole nitrogens is 1. The minimum atomic E-state index is -0.506. The summed E-state index contributed by atoms with van der Waals surface area (Å²) in [6.45, 7) is 2.27. The van der Waals surface area contributed by atoms with E-state index in [1.165, 1.54) is 9.36 Å². The Kier molecular flexibility index (Phi) is 5.25. The van der Waals surface area contributed by atoms with E-state index in [0.29, 0.717) is 29.4 Å². The second kappa shape index (κ2) is 7.77. The maximum Gasteiger partial charge on any atom is 0.411 e. The van der Waals surface area contributed by atoms with Crippen molar-refractivity contribution in [3.63, 3.8) is 0 Å². The molecule has 0 bridgehead atoms. The van der Waals surface area contributed by atoms with Crippen molar-refractivity contribution >= 4 is 11.6 Å². The van der Waals surface area contributed by atoms with Gasteiger partial charge in [0.05, 0.1) is 14.2 Å². The lowest BCUT2D eigenvalue weighted by Gasteiger charge is -2.05. The second-order valence-electron chi connectivity index (χ2n) is 5.72. The molecule has 0 fully saturated rings. The third-order valence-corrected chi connectivity index (χ3v) is 4.07. The lowest BCUT2D eigenvalue weighted by Crippen LogP contribution is -2.44. The first kappa shape index (κ1) is 18.2. The standard InChI is InChI=1S/C19H20N4O4/c1-4-22-17(18(24)20-13-7-5-9-15(11-13)26-2)19(25)23(21-22)14-8-6-10-16(12-14)27-3/h5-12H,4H2,1-3H3,(H-,20,21,24,25)/p+1. The molecule has 0 atom stereocenters. The van der Waals surface area contributed by atoms with E-state index >= 15 is 0 Å². The van der Waals surface area contributed by atoms with Gasteiger partial charge >= 0.3 is 17.2 Å². The van der Waals surface area contributed by atoms with Crippen LogP contribution in [-0.2, 0) is 6.54 Å². The van der Waals surface area contributed by atoms with E-state index in [9.17, 15) is 9.59 Å². The fourth-order valence-corrected chi connectivity index (χ4v) is 2.70. The molecule has 3 aromatic rings. The number of aromatic amines is 1. The summed E-state index contributed by atoms with van der Waals surface area (Å²) in [6.07, 6.45) is 0. The van der Waals surface area contributed by atoms with Gasteiger partial charge in [-0.05, 0) is 31.2 Å². The zero-order valence-corrected chi connectivity index (χ0v) is 15.4. The van der Waals surface area contributed by atoms with Crippen LogP contribution in [0, 0.1) is 0 Å². The largest absolute Gasteiger partial charge is 0.497 e. The van der Waals surface area contributed by atoms with Gasteiger partial charge in [0.2, 0.25) is 0 Å². The van der Waals surface area contributed by atoms with Gasteiger partial charge in [0.25, 0.3) is 0 Å². The van der Waals surface area contributed by atoms with Crippen LogP contribution in [0.5, 0.6) is 11.5 Å². The van der Waals surface area contributed by atoms with Crippen molar-refractivity contribution < 1.29 is 19.0 Å². The molecule has 1 aromatic heterocycles. The zero-order chi connectivity index (χ0) is 19.4. The molecule has 2 aromatic carbocycles. The number of carbonyl (C=O) groups excluding carboxylic acids is 1. The predicted octanol–water partition coefficient (Wildman–Crippen LogP) is 1.74. The summed E-state index contributed by atoms with van der Waals surface area (Å²) in [6, 6.07) is 14.0. The van der Waals surface area contributed by atoms with Crippen molar-refractivity contribution in [3.8, 4) is 17.2 Å². The molecule has 8 nitrogen and oxygen atoms in total. The van der Waals surface area contributed by atoms with Gasteiger partial charge in [-0.25, -0.2) is 4.79 Å². The minimum Gasteiger partial charge on any atom is -0.497 e. The molecule has 0 aliphatic carbocycles. The number of rotatable bonds is 6. The highest BCUT2D eigenvalue weighted by Gasteiger charge is 2.28.